The third kappa shape index (κ3) is 7.38. The number of ether oxygens (including phenoxy) is 1. The Hall–Kier alpha value is -8.25. The summed E-state index contributed by atoms with van der Waals surface area (Å²) in [6.07, 6.45) is 0. The van der Waals surface area contributed by atoms with Crippen molar-refractivity contribution in [2.24, 2.45) is 0 Å². The minimum absolute atomic E-state index is 0.110. The Morgan fingerprint density at radius 2 is 1.01 bits per heavy atom. The number of pyridine rings is 1. The van der Waals surface area contributed by atoms with Crippen molar-refractivity contribution in [1.29, 1.82) is 0 Å². The number of anilines is 4. The van der Waals surface area contributed by atoms with Gasteiger partial charge >= 0.3 is 350 Å². The van der Waals surface area contributed by atoms with Crippen molar-refractivity contribution in [2.75, 3.05) is 9.62 Å². The van der Waals surface area contributed by atoms with Crippen LogP contribution in [0.1, 0.15) is 26.3 Å². The summed E-state index contributed by atoms with van der Waals surface area (Å²) in [5.74, 6) is 2.01. The number of nitrogens with zero attached hydrogens (tertiary/aromatic N) is 5. The molecule has 0 atom stereocenters. The molecule has 0 saturated heterocycles. The van der Waals surface area contributed by atoms with Gasteiger partial charge in [-0.1, -0.05) is 54.6 Å². The molecule has 2 aliphatic heterocycles. The zero-order chi connectivity index (χ0) is 48.5. The SMILES string of the molecule is CC(C)(C)c1cc(-c2ccccc2)c(-n2[c](=[Pt])n(-c3cccc(Oc4cccc(N5B6c7ccccc7-c7ccccc7N6c6ccccc65)n4)c3)c3ccccc32)c(-c2cccc(-c3ccccc3)c2)c1. The second-order valence-corrected chi connectivity index (χ2v) is 20.5. The summed E-state index contributed by atoms with van der Waals surface area (Å²) in [6.45, 7) is 6.78. The van der Waals surface area contributed by atoms with Crippen molar-refractivity contribution >= 4 is 46.4 Å². The van der Waals surface area contributed by atoms with Gasteiger partial charge in [0.05, 0.1) is 0 Å². The first kappa shape index (κ1) is 43.7. The van der Waals surface area contributed by atoms with Gasteiger partial charge in [-0.05, 0) is 17.7 Å². The molecule has 0 aliphatic carbocycles. The van der Waals surface area contributed by atoms with Crippen LogP contribution in [0.4, 0.5) is 22.9 Å². The first-order chi connectivity index (χ1) is 35.3. The van der Waals surface area contributed by atoms with Gasteiger partial charge in [0.25, 0.3) is 0 Å². The first-order valence-electron chi connectivity index (χ1n) is 24.5. The summed E-state index contributed by atoms with van der Waals surface area (Å²) < 4.78 is 12.6. The molecule has 0 N–H and O–H groups in total. The molecule has 2 aromatic heterocycles. The molecule has 9 aromatic carbocycles. The molecule has 0 radical (unpaired) electrons. The summed E-state index contributed by atoms with van der Waals surface area (Å²) in [6, 6.07) is 84.6. The number of aromatic nitrogens is 3. The Kier molecular flexibility index (Phi) is 10.7. The van der Waals surface area contributed by atoms with Gasteiger partial charge in [0.2, 0.25) is 0 Å². The van der Waals surface area contributed by atoms with Gasteiger partial charge in [-0.2, -0.15) is 0 Å². The van der Waals surface area contributed by atoms with Gasteiger partial charge in [0.1, 0.15) is 0 Å². The van der Waals surface area contributed by atoms with Crippen molar-refractivity contribution in [3.05, 3.63) is 246 Å². The van der Waals surface area contributed by atoms with Crippen molar-refractivity contribution in [1.82, 2.24) is 14.1 Å². The molecule has 0 fully saturated rings. The van der Waals surface area contributed by atoms with Crippen molar-refractivity contribution in [3.8, 4) is 67.5 Å². The zero-order valence-corrected chi connectivity index (χ0v) is 42.3. The van der Waals surface area contributed by atoms with Crippen LogP contribution < -0.4 is 19.8 Å². The van der Waals surface area contributed by atoms with E-state index in [4.69, 9.17) is 9.72 Å². The van der Waals surface area contributed by atoms with Crippen LogP contribution in [0.2, 0.25) is 0 Å². The second kappa shape index (κ2) is 17.6. The Morgan fingerprint density at radius 1 is 0.444 bits per heavy atom. The molecule has 0 amide bonds. The van der Waals surface area contributed by atoms with E-state index in [0.717, 1.165) is 60.1 Å². The van der Waals surface area contributed by atoms with E-state index in [9.17, 15) is 0 Å². The molecule has 2 aliphatic rings. The maximum atomic E-state index is 6.81. The summed E-state index contributed by atoms with van der Waals surface area (Å²) in [5.41, 5.74) is 19.6. The van der Waals surface area contributed by atoms with Crippen LogP contribution in [0.5, 0.6) is 11.6 Å². The van der Waals surface area contributed by atoms with Gasteiger partial charge in [-0.25, -0.2) is 0 Å². The van der Waals surface area contributed by atoms with E-state index in [-0.39, 0.29) is 12.4 Å². The second-order valence-electron chi connectivity index (χ2n) is 19.5. The average Bonchev–Trinajstić information content (AvgIpc) is 3.93. The number of benzene rings is 9. The number of rotatable bonds is 8. The minimum atomic E-state index is -0.129. The van der Waals surface area contributed by atoms with Crippen LogP contribution in [0.25, 0.3) is 66.9 Å². The molecular formula is C64H48BN5OPt. The number of para-hydroxylation sites is 5. The van der Waals surface area contributed by atoms with Gasteiger partial charge < -0.3 is 0 Å². The number of hydrogen-bond acceptors (Lipinski definition) is 4. The number of fused-ring (bicyclic) bond motifs is 9. The fourth-order valence-electron chi connectivity index (χ4n) is 10.8. The van der Waals surface area contributed by atoms with E-state index in [1.54, 1.807) is 0 Å². The van der Waals surface area contributed by atoms with Gasteiger partial charge in [0.15, 0.2) is 0 Å². The Labute approximate surface area is 431 Å². The fourth-order valence-corrected chi connectivity index (χ4v) is 11.8. The topological polar surface area (TPSA) is 38.5 Å². The molecule has 348 valence electrons. The number of imidazole rings is 1. The summed E-state index contributed by atoms with van der Waals surface area (Å²) >= 11 is 2.53. The Morgan fingerprint density at radius 3 is 1.76 bits per heavy atom. The third-order valence-corrected chi connectivity index (χ3v) is 15.1. The van der Waals surface area contributed by atoms with E-state index >= 15 is 0 Å². The first-order valence-corrected chi connectivity index (χ1v) is 25.6. The molecule has 13 rings (SSSR count). The molecule has 0 bridgehead atoms. The maximum absolute atomic E-state index is 6.81. The molecule has 11 aromatic rings. The van der Waals surface area contributed by atoms with Crippen molar-refractivity contribution in [3.63, 3.8) is 0 Å². The molecule has 8 heteroatoms. The average molecular weight is 1110 g/mol. The van der Waals surface area contributed by atoms with Crippen LogP contribution in [0.15, 0.2) is 237 Å². The Bertz CT molecular complexity index is 3950. The third-order valence-electron chi connectivity index (χ3n) is 14.1. The van der Waals surface area contributed by atoms with Gasteiger partial charge in [-0.3, -0.25) is 0 Å². The molecular weight excluding hydrogens is 1060 g/mol. The Balaban J connectivity index is 0.932. The van der Waals surface area contributed by atoms with E-state index in [1.807, 2.05) is 18.2 Å². The van der Waals surface area contributed by atoms with E-state index in [1.165, 1.54) is 44.5 Å². The molecule has 4 heterocycles. The summed E-state index contributed by atoms with van der Waals surface area (Å²) in [5, 5.41) is 0. The quantitative estimate of drug-likeness (QED) is 0.142. The van der Waals surface area contributed by atoms with E-state index < -0.39 is 0 Å². The monoisotopic (exact) mass is 1110 g/mol. The predicted molar refractivity (Wildman–Crippen MR) is 293 cm³/mol. The van der Waals surface area contributed by atoms with Crippen LogP contribution in [0, 0.1) is 3.80 Å². The van der Waals surface area contributed by atoms with E-state index in [0.29, 0.717) is 11.6 Å². The molecule has 6 nitrogen and oxygen atoms in total. The zero-order valence-electron chi connectivity index (χ0n) is 40.1. The van der Waals surface area contributed by atoms with Crippen LogP contribution in [-0.2, 0) is 24.8 Å². The van der Waals surface area contributed by atoms with Crippen molar-refractivity contribution in [2.45, 2.75) is 26.2 Å². The van der Waals surface area contributed by atoms with Gasteiger partial charge in [0, 0.05) is 11.3 Å². The van der Waals surface area contributed by atoms with Gasteiger partial charge in [-0.15, -0.1) is 0 Å². The number of hydrogen-bond donors (Lipinski definition) is 0. The molecule has 0 spiro atoms. The molecule has 0 saturated carbocycles. The standard InChI is InChI=1S/C64H48BN5O.Pt/c1-64(2,3)48-40-53(45-23-8-5-9-24-45)63(54(41-48)47-26-18-25-46(39-47)44-21-6-4-7-22-44)68-43-67(57-33-14-15-34-58(57)68)49-27-19-28-50(42-49)71-62-38-20-37-61(66-62)70-60-36-17-16-35-59(60)69-56-32-13-11-30-52(56)51-29-10-12-31-55(51)65(69)70;/h4-42H,1-3H3;. The predicted octanol–water partition coefficient (Wildman–Crippen LogP) is 15.7. The van der Waals surface area contributed by atoms with E-state index in [2.05, 4.69) is 277 Å². The van der Waals surface area contributed by atoms with Crippen LogP contribution in [-0.4, -0.2) is 21.1 Å². The van der Waals surface area contributed by atoms with Crippen molar-refractivity contribution < 1.29 is 24.1 Å². The molecule has 0 unspecified atom stereocenters. The molecule has 72 heavy (non-hydrogen) atoms. The normalized spacial score (nSPS) is 12.7. The summed E-state index contributed by atoms with van der Waals surface area (Å²) in [4.78, 5) is 10.1. The van der Waals surface area contributed by atoms with Crippen LogP contribution >= 0.6 is 0 Å². The fraction of sp³-hybridized carbons (Fsp3) is 0.0625. The summed E-state index contributed by atoms with van der Waals surface area (Å²) in [7, 11) is 0. The van der Waals surface area contributed by atoms with Crippen LogP contribution in [0.3, 0.4) is 0 Å².